The lowest BCUT2D eigenvalue weighted by Gasteiger charge is -2.17. The van der Waals surface area contributed by atoms with E-state index in [1.807, 2.05) is 0 Å². The fourth-order valence-electron chi connectivity index (χ4n) is 3.25. The van der Waals surface area contributed by atoms with Gasteiger partial charge in [0.1, 0.15) is 10.9 Å². The van der Waals surface area contributed by atoms with Gasteiger partial charge in [-0.05, 0) is 37.3 Å². The number of nitrogens with one attached hydrogen (secondary N) is 3. The van der Waals surface area contributed by atoms with E-state index >= 15 is 0 Å². The van der Waals surface area contributed by atoms with Crippen LogP contribution in [0.15, 0.2) is 72.0 Å². The van der Waals surface area contributed by atoms with Crippen LogP contribution < -0.4 is 10.0 Å². The number of alkyl halides is 3. The van der Waals surface area contributed by atoms with Gasteiger partial charge in [0.2, 0.25) is 10.0 Å². The largest absolute Gasteiger partial charge is 0.404 e. The Morgan fingerprint density at radius 2 is 1.82 bits per heavy atom. The van der Waals surface area contributed by atoms with Crippen LogP contribution in [-0.4, -0.2) is 41.5 Å². The number of carbonyl (C=O) groups is 1. The van der Waals surface area contributed by atoms with E-state index in [2.05, 4.69) is 20.3 Å². The molecule has 176 valence electrons. The van der Waals surface area contributed by atoms with Crippen LogP contribution >= 0.6 is 0 Å². The highest BCUT2D eigenvalue weighted by molar-refractivity contribution is 7.89. The first kappa shape index (κ1) is 23.4. The number of hydrogen-bond acceptors (Lipinski definition) is 5. The van der Waals surface area contributed by atoms with Gasteiger partial charge >= 0.3 is 6.18 Å². The zero-order valence-corrected chi connectivity index (χ0v) is 18.4. The van der Waals surface area contributed by atoms with Crippen LogP contribution in [-0.2, 0) is 10.0 Å². The number of para-hydroxylation sites is 1. The molecular weight excluding hydrogens is 471 g/mol. The summed E-state index contributed by atoms with van der Waals surface area (Å²) < 4.78 is 64.5. The van der Waals surface area contributed by atoms with Gasteiger partial charge in [-0.1, -0.05) is 18.2 Å². The van der Waals surface area contributed by atoms with Crippen molar-refractivity contribution in [3.05, 3.63) is 72.7 Å². The van der Waals surface area contributed by atoms with Crippen molar-refractivity contribution in [3.8, 4) is 11.4 Å². The van der Waals surface area contributed by atoms with E-state index in [1.165, 1.54) is 12.3 Å². The summed E-state index contributed by atoms with van der Waals surface area (Å²) >= 11 is 0. The maximum Gasteiger partial charge on any atom is 0.404 e. The number of carbonyl (C=O) groups excluding carboxylic acids is 1. The van der Waals surface area contributed by atoms with E-state index in [0.717, 1.165) is 12.3 Å². The van der Waals surface area contributed by atoms with Crippen molar-refractivity contribution in [1.29, 1.82) is 0 Å². The minimum absolute atomic E-state index is 0.232. The van der Waals surface area contributed by atoms with Crippen molar-refractivity contribution >= 4 is 32.5 Å². The average molecular weight is 489 g/mol. The highest BCUT2D eigenvalue weighted by Crippen LogP contribution is 2.30. The quantitative estimate of drug-likeness (QED) is 0.377. The third kappa shape index (κ3) is 4.77. The predicted molar refractivity (Wildman–Crippen MR) is 120 cm³/mol. The van der Waals surface area contributed by atoms with Crippen molar-refractivity contribution in [1.82, 2.24) is 19.7 Å². The Balaban J connectivity index is 1.70. The number of pyridine rings is 2. The molecule has 3 heterocycles. The molecule has 0 fully saturated rings. The first-order valence-electron chi connectivity index (χ1n) is 9.94. The van der Waals surface area contributed by atoms with Crippen molar-refractivity contribution in [2.24, 2.45) is 0 Å². The molecule has 34 heavy (non-hydrogen) atoms. The smallest absolute Gasteiger partial charge is 0.353 e. The molecule has 0 unspecified atom stereocenters. The Morgan fingerprint density at radius 3 is 2.47 bits per heavy atom. The van der Waals surface area contributed by atoms with Crippen LogP contribution in [0.5, 0.6) is 0 Å². The number of nitrogens with zero attached hydrogens (tertiary/aromatic N) is 2. The molecule has 1 amide bonds. The Morgan fingerprint density at radius 1 is 1.06 bits per heavy atom. The van der Waals surface area contributed by atoms with Gasteiger partial charge in [-0.25, -0.2) is 8.42 Å². The van der Waals surface area contributed by atoms with Crippen LogP contribution in [0.25, 0.3) is 22.3 Å². The topological polar surface area (TPSA) is 117 Å². The number of aromatic nitrogens is 3. The minimum atomic E-state index is -4.73. The molecule has 3 N–H and O–H groups in total. The van der Waals surface area contributed by atoms with Crippen LogP contribution in [0.2, 0.25) is 0 Å². The minimum Gasteiger partial charge on any atom is -0.353 e. The van der Waals surface area contributed by atoms with Crippen molar-refractivity contribution < 1.29 is 26.4 Å². The summed E-state index contributed by atoms with van der Waals surface area (Å²) in [4.78, 5) is 23.9. The molecule has 1 aromatic carbocycles. The summed E-state index contributed by atoms with van der Waals surface area (Å²) in [7, 11) is -4.46. The molecule has 0 aliphatic carbocycles. The van der Waals surface area contributed by atoms with E-state index < -0.39 is 33.0 Å². The number of amides is 1. The van der Waals surface area contributed by atoms with Gasteiger partial charge < -0.3 is 10.3 Å². The first-order chi connectivity index (χ1) is 16.1. The number of anilines is 1. The van der Waals surface area contributed by atoms with Gasteiger partial charge in [-0.15, -0.1) is 0 Å². The van der Waals surface area contributed by atoms with Crippen molar-refractivity contribution in [2.75, 3.05) is 5.32 Å². The summed E-state index contributed by atoms with van der Waals surface area (Å²) in [6, 6.07) is 10.6. The van der Waals surface area contributed by atoms with Crippen LogP contribution in [0.1, 0.15) is 17.3 Å². The van der Waals surface area contributed by atoms with Gasteiger partial charge in [0.15, 0.2) is 0 Å². The average Bonchev–Trinajstić information content (AvgIpc) is 3.19. The number of H-pyrrole nitrogens is 1. The number of rotatable bonds is 6. The molecule has 4 aromatic rings. The van der Waals surface area contributed by atoms with Crippen LogP contribution in [0.3, 0.4) is 0 Å². The van der Waals surface area contributed by atoms with E-state index in [9.17, 15) is 26.4 Å². The van der Waals surface area contributed by atoms with E-state index in [-0.39, 0.29) is 11.3 Å². The molecule has 0 spiro atoms. The summed E-state index contributed by atoms with van der Waals surface area (Å²) in [6.45, 7) is 0.705. The van der Waals surface area contributed by atoms with Gasteiger partial charge in [0, 0.05) is 23.3 Å². The monoisotopic (exact) mass is 489 g/mol. The molecule has 12 heteroatoms. The molecule has 0 bridgehead atoms. The standard InChI is InChI=1S/C22H18F3N5O3S/c1-13(22(23,24)25)30-34(32,33)15-8-9-18(27-12-15)20-19(16-6-2-3-7-17(16)29-20)21(31)28-14-5-4-10-26-11-14/h2-13,29-30H,1H3,(H,28,31)/t13-/m0/s1. The molecule has 0 saturated heterocycles. The number of halogens is 3. The Kier molecular flexibility index (Phi) is 6.11. The SMILES string of the molecule is C[C@H](NS(=O)(=O)c1ccc(-c2[nH]c3ccccc3c2C(=O)Nc2cccnc2)nc1)C(F)(F)F. The third-order valence-corrected chi connectivity index (χ3v) is 6.50. The lowest BCUT2D eigenvalue weighted by molar-refractivity contribution is -0.147. The highest BCUT2D eigenvalue weighted by atomic mass is 32.2. The first-order valence-corrected chi connectivity index (χ1v) is 11.4. The van der Waals surface area contributed by atoms with Crippen LogP contribution in [0, 0.1) is 0 Å². The normalized spacial score (nSPS) is 13.1. The molecule has 0 saturated carbocycles. The van der Waals surface area contributed by atoms with Gasteiger partial charge in [-0.2, -0.15) is 17.9 Å². The Hall–Kier alpha value is -3.77. The summed E-state index contributed by atoms with van der Waals surface area (Å²) in [6.07, 6.45) is -0.744. The molecule has 1 atom stereocenters. The summed E-state index contributed by atoms with van der Waals surface area (Å²) in [5.41, 5.74) is 1.95. The number of hydrogen-bond donors (Lipinski definition) is 3. The fraction of sp³-hybridized carbons (Fsp3) is 0.136. The molecule has 4 rings (SSSR count). The molecule has 0 radical (unpaired) electrons. The Bertz CT molecular complexity index is 1440. The highest BCUT2D eigenvalue weighted by Gasteiger charge is 2.39. The summed E-state index contributed by atoms with van der Waals surface area (Å²) in [5, 5.41) is 3.37. The zero-order chi connectivity index (χ0) is 24.5. The predicted octanol–water partition coefficient (Wildman–Crippen LogP) is 4.11. The maximum atomic E-state index is 13.1. The van der Waals surface area contributed by atoms with E-state index in [0.29, 0.717) is 29.2 Å². The second kappa shape index (κ2) is 8.88. The number of fused-ring (bicyclic) bond motifs is 1. The van der Waals surface area contributed by atoms with Crippen molar-refractivity contribution in [3.63, 3.8) is 0 Å². The lowest BCUT2D eigenvalue weighted by Crippen LogP contribution is -2.42. The summed E-state index contributed by atoms with van der Waals surface area (Å²) in [5.74, 6) is -0.445. The second-order valence-corrected chi connectivity index (χ2v) is 9.09. The fourth-order valence-corrected chi connectivity index (χ4v) is 4.43. The number of benzene rings is 1. The Labute approximate surface area is 192 Å². The lowest BCUT2D eigenvalue weighted by atomic mass is 10.1. The molecular formula is C22H18F3N5O3S. The molecule has 0 aliphatic heterocycles. The van der Waals surface area contributed by atoms with Gasteiger partial charge in [-0.3, -0.25) is 14.8 Å². The maximum absolute atomic E-state index is 13.1. The van der Waals surface area contributed by atoms with Gasteiger partial charge in [0.05, 0.1) is 28.8 Å². The van der Waals surface area contributed by atoms with Gasteiger partial charge in [0.25, 0.3) is 5.91 Å². The number of sulfonamides is 1. The van der Waals surface area contributed by atoms with Crippen molar-refractivity contribution in [2.45, 2.75) is 24.0 Å². The van der Waals surface area contributed by atoms with E-state index in [1.54, 1.807) is 47.3 Å². The number of aromatic amines is 1. The van der Waals surface area contributed by atoms with E-state index in [4.69, 9.17) is 0 Å². The molecule has 8 nitrogen and oxygen atoms in total. The third-order valence-electron chi connectivity index (χ3n) is 4.98. The zero-order valence-electron chi connectivity index (χ0n) is 17.6. The molecule has 3 aromatic heterocycles. The second-order valence-electron chi connectivity index (χ2n) is 7.38. The molecule has 0 aliphatic rings. The van der Waals surface area contributed by atoms with Crippen LogP contribution in [0.4, 0.5) is 18.9 Å².